The van der Waals surface area contributed by atoms with Gasteiger partial charge < -0.3 is 4.90 Å². The molecule has 0 N–H and O–H groups in total. The number of anilines is 3. The third kappa shape index (κ3) is 4.25. The number of benzene rings is 4. The summed E-state index contributed by atoms with van der Waals surface area (Å²) in [7, 11) is 0. The van der Waals surface area contributed by atoms with Crippen molar-refractivity contribution in [3.63, 3.8) is 0 Å². The van der Waals surface area contributed by atoms with Crippen LogP contribution in [0.3, 0.4) is 0 Å². The SMILES string of the molecule is CC1(C)c2ccccc2-c2ccc(N(c3ccc(C45CC6CC(CC(C6)C4)C5)cc3)c3cccc(C4CCCCC4)c3)cc21. The van der Waals surface area contributed by atoms with Crippen LogP contribution in [0.5, 0.6) is 0 Å². The van der Waals surface area contributed by atoms with Crippen molar-refractivity contribution in [1.29, 1.82) is 0 Å². The zero-order chi connectivity index (χ0) is 29.5. The number of hydrogen-bond donors (Lipinski definition) is 0. The van der Waals surface area contributed by atoms with Crippen LogP contribution in [0.2, 0.25) is 0 Å². The monoisotopic (exact) mass is 577 g/mol. The molecule has 0 heterocycles. The quantitative estimate of drug-likeness (QED) is 0.228. The summed E-state index contributed by atoms with van der Waals surface area (Å²) >= 11 is 0. The number of fused-ring (bicyclic) bond motifs is 3. The largest absolute Gasteiger partial charge is 0.310 e. The second-order valence-electron chi connectivity index (χ2n) is 15.9. The summed E-state index contributed by atoms with van der Waals surface area (Å²) in [4.78, 5) is 2.55. The van der Waals surface area contributed by atoms with Crippen molar-refractivity contribution in [3.8, 4) is 11.1 Å². The summed E-state index contributed by atoms with van der Waals surface area (Å²) < 4.78 is 0. The van der Waals surface area contributed by atoms with E-state index in [-0.39, 0.29) is 5.41 Å². The van der Waals surface area contributed by atoms with Gasteiger partial charge in [0.2, 0.25) is 0 Å². The van der Waals surface area contributed by atoms with Crippen molar-refractivity contribution in [2.24, 2.45) is 17.8 Å². The molecule has 44 heavy (non-hydrogen) atoms. The molecule has 4 bridgehead atoms. The molecule has 5 fully saturated rings. The van der Waals surface area contributed by atoms with Gasteiger partial charge in [-0.1, -0.05) is 87.7 Å². The van der Waals surface area contributed by atoms with E-state index in [9.17, 15) is 0 Å². The van der Waals surface area contributed by atoms with E-state index in [1.807, 2.05) is 0 Å². The fourth-order valence-electron chi connectivity index (χ4n) is 11.1. The Bertz CT molecular complexity index is 1670. The standard InChI is InChI=1S/C43H47N/c1-42(2)40-14-7-6-13-38(40)39-20-19-37(25-41(39)42)44(36-12-8-11-33(24-36)32-9-4-3-5-10-32)35-17-15-34(16-18-35)43-26-29-21-30(27-43)23-31(22-29)28-43/h6-8,11-20,24-25,29-32H,3-5,9-10,21-23,26-28H2,1-2H3. The molecular weight excluding hydrogens is 530 g/mol. The maximum absolute atomic E-state index is 2.55. The Morgan fingerprint density at radius 3 is 1.93 bits per heavy atom. The van der Waals surface area contributed by atoms with Crippen molar-refractivity contribution >= 4 is 17.1 Å². The summed E-state index contributed by atoms with van der Waals surface area (Å²) in [5.41, 5.74) is 13.1. The van der Waals surface area contributed by atoms with Gasteiger partial charge in [-0.25, -0.2) is 0 Å². The average Bonchev–Trinajstić information content (AvgIpc) is 3.27. The minimum absolute atomic E-state index is 0.0140. The first-order chi connectivity index (χ1) is 21.5. The van der Waals surface area contributed by atoms with Gasteiger partial charge in [0.1, 0.15) is 0 Å². The van der Waals surface area contributed by atoms with Crippen LogP contribution < -0.4 is 4.90 Å². The molecular formula is C43H47N. The van der Waals surface area contributed by atoms with Crippen molar-refractivity contribution in [1.82, 2.24) is 0 Å². The Morgan fingerprint density at radius 2 is 1.20 bits per heavy atom. The maximum Gasteiger partial charge on any atom is 0.0465 e. The Morgan fingerprint density at radius 1 is 0.568 bits per heavy atom. The third-order valence-corrected chi connectivity index (χ3v) is 12.8. The molecule has 0 aliphatic heterocycles. The van der Waals surface area contributed by atoms with E-state index in [1.54, 1.807) is 5.56 Å². The average molecular weight is 578 g/mol. The van der Waals surface area contributed by atoms with Gasteiger partial charge in [-0.15, -0.1) is 0 Å². The highest BCUT2D eigenvalue weighted by Crippen LogP contribution is 2.61. The molecule has 4 aromatic rings. The zero-order valence-electron chi connectivity index (χ0n) is 26.7. The van der Waals surface area contributed by atoms with Crippen molar-refractivity contribution in [3.05, 3.63) is 113 Å². The lowest BCUT2D eigenvalue weighted by Gasteiger charge is -2.57. The van der Waals surface area contributed by atoms with Crippen LogP contribution in [-0.2, 0) is 10.8 Å². The highest BCUT2D eigenvalue weighted by Gasteiger charge is 2.51. The van der Waals surface area contributed by atoms with Crippen LogP contribution in [-0.4, -0.2) is 0 Å². The van der Waals surface area contributed by atoms with E-state index in [2.05, 4.69) is 110 Å². The molecule has 6 aliphatic carbocycles. The fourth-order valence-corrected chi connectivity index (χ4v) is 11.1. The second-order valence-corrected chi connectivity index (χ2v) is 15.9. The van der Waals surface area contributed by atoms with E-state index >= 15 is 0 Å². The Hall–Kier alpha value is -3.32. The van der Waals surface area contributed by atoms with Crippen molar-refractivity contribution in [2.45, 2.75) is 101 Å². The highest BCUT2D eigenvalue weighted by molar-refractivity contribution is 5.85. The molecule has 0 aromatic heterocycles. The molecule has 224 valence electrons. The minimum Gasteiger partial charge on any atom is -0.310 e. The van der Waals surface area contributed by atoms with Crippen molar-refractivity contribution in [2.75, 3.05) is 4.90 Å². The Labute approximate surface area is 264 Å². The molecule has 5 saturated carbocycles. The van der Waals surface area contributed by atoms with E-state index in [4.69, 9.17) is 0 Å². The van der Waals surface area contributed by atoms with Gasteiger partial charge in [-0.05, 0) is 150 Å². The van der Waals surface area contributed by atoms with E-state index in [1.165, 1.54) is 116 Å². The normalized spacial score (nSPS) is 28.1. The summed E-state index contributed by atoms with van der Waals surface area (Å²) in [5.74, 6) is 3.61. The summed E-state index contributed by atoms with van der Waals surface area (Å²) in [6.45, 7) is 4.80. The molecule has 0 spiro atoms. The lowest BCUT2D eigenvalue weighted by Crippen LogP contribution is -2.48. The molecule has 0 atom stereocenters. The molecule has 1 nitrogen and oxygen atoms in total. The van der Waals surface area contributed by atoms with E-state index < -0.39 is 0 Å². The number of hydrogen-bond acceptors (Lipinski definition) is 1. The lowest BCUT2D eigenvalue weighted by molar-refractivity contribution is -0.00518. The topological polar surface area (TPSA) is 3.24 Å². The predicted molar refractivity (Wildman–Crippen MR) is 184 cm³/mol. The fraction of sp³-hybridized carbons (Fsp3) is 0.442. The zero-order valence-corrected chi connectivity index (χ0v) is 26.7. The highest BCUT2D eigenvalue weighted by atomic mass is 15.1. The van der Waals surface area contributed by atoms with E-state index in [0.29, 0.717) is 11.3 Å². The van der Waals surface area contributed by atoms with Gasteiger partial charge in [-0.2, -0.15) is 0 Å². The summed E-state index contributed by atoms with van der Waals surface area (Å²) in [5, 5.41) is 0. The van der Waals surface area contributed by atoms with Gasteiger partial charge in [-0.3, -0.25) is 0 Å². The molecule has 0 radical (unpaired) electrons. The first-order valence-electron chi connectivity index (χ1n) is 17.7. The molecule has 0 unspecified atom stereocenters. The molecule has 0 saturated heterocycles. The molecule has 1 heteroatoms. The van der Waals surface area contributed by atoms with Gasteiger partial charge in [0, 0.05) is 22.5 Å². The summed E-state index contributed by atoms with van der Waals surface area (Å²) in [6, 6.07) is 35.8. The number of rotatable bonds is 5. The van der Waals surface area contributed by atoms with Crippen LogP contribution in [0.1, 0.15) is 113 Å². The minimum atomic E-state index is -0.0140. The van der Waals surface area contributed by atoms with Gasteiger partial charge in [0.05, 0.1) is 0 Å². The van der Waals surface area contributed by atoms with Crippen LogP contribution >= 0.6 is 0 Å². The van der Waals surface area contributed by atoms with Gasteiger partial charge in [0.15, 0.2) is 0 Å². The van der Waals surface area contributed by atoms with Crippen LogP contribution in [0.15, 0.2) is 91.0 Å². The smallest absolute Gasteiger partial charge is 0.0465 e. The first-order valence-corrected chi connectivity index (χ1v) is 17.7. The van der Waals surface area contributed by atoms with Gasteiger partial charge >= 0.3 is 0 Å². The van der Waals surface area contributed by atoms with E-state index in [0.717, 1.165) is 17.8 Å². The van der Waals surface area contributed by atoms with Gasteiger partial charge in [0.25, 0.3) is 0 Å². The van der Waals surface area contributed by atoms with Crippen LogP contribution in [0, 0.1) is 17.8 Å². The molecule has 0 amide bonds. The van der Waals surface area contributed by atoms with Crippen LogP contribution in [0.25, 0.3) is 11.1 Å². The first kappa shape index (κ1) is 27.0. The predicted octanol–water partition coefficient (Wildman–Crippen LogP) is 12.0. The van der Waals surface area contributed by atoms with Crippen LogP contribution in [0.4, 0.5) is 17.1 Å². The maximum atomic E-state index is 2.55. The molecule has 4 aromatic carbocycles. The number of nitrogens with zero attached hydrogens (tertiary/aromatic N) is 1. The molecule has 6 aliphatic rings. The van der Waals surface area contributed by atoms with Crippen molar-refractivity contribution < 1.29 is 0 Å². The summed E-state index contributed by atoms with van der Waals surface area (Å²) in [6.07, 6.45) is 15.6. The Kier molecular flexibility index (Phi) is 6.20. The Balaban J connectivity index is 1.13. The third-order valence-electron chi connectivity index (χ3n) is 12.8. The second kappa shape index (κ2) is 10.1. The lowest BCUT2D eigenvalue weighted by atomic mass is 9.48. The molecule has 10 rings (SSSR count).